The Bertz CT molecular complexity index is 920. The van der Waals surface area contributed by atoms with Crippen LogP contribution in [-0.2, 0) is 11.2 Å². The first-order chi connectivity index (χ1) is 14.6. The van der Waals surface area contributed by atoms with Crippen molar-refractivity contribution >= 4 is 34.7 Å². The molecule has 2 fully saturated rings. The van der Waals surface area contributed by atoms with Crippen LogP contribution >= 0.6 is 22.9 Å². The first kappa shape index (κ1) is 20.2. The molecule has 1 aliphatic carbocycles. The largest absolute Gasteiger partial charge is 0.353 e. The fourth-order valence-corrected chi connectivity index (χ4v) is 6.41. The summed E-state index contributed by atoms with van der Waals surface area (Å²) in [6, 6.07) is 4.14. The van der Waals surface area contributed by atoms with Crippen LogP contribution in [0.15, 0.2) is 18.5 Å². The lowest BCUT2D eigenvalue weighted by Gasteiger charge is -2.38. The van der Waals surface area contributed by atoms with Crippen molar-refractivity contribution in [1.82, 2.24) is 20.2 Å². The molecule has 2 aromatic heterocycles. The maximum atomic E-state index is 13.6. The Kier molecular flexibility index (Phi) is 5.69. The summed E-state index contributed by atoms with van der Waals surface area (Å²) in [6.45, 7) is 6.35. The molecule has 1 unspecified atom stereocenters. The molecule has 0 spiro atoms. The third kappa shape index (κ3) is 3.72. The van der Waals surface area contributed by atoms with Crippen LogP contribution in [0.25, 0.3) is 0 Å². The highest BCUT2D eigenvalue weighted by Crippen LogP contribution is 2.38. The molecule has 0 bridgehead atoms. The van der Waals surface area contributed by atoms with Gasteiger partial charge in [0, 0.05) is 48.4 Å². The molecule has 4 heterocycles. The Balaban J connectivity index is 1.31. The molecule has 1 N–H and O–H groups in total. The molecule has 0 saturated carbocycles. The number of rotatable bonds is 4. The fraction of sp³-hybridized carbons (Fsp3) is 0.591. The summed E-state index contributed by atoms with van der Waals surface area (Å²) in [5, 5.41) is 3.54. The van der Waals surface area contributed by atoms with Crippen LogP contribution in [-0.4, -0.2) is 59.5 Å². The normalized spacial score (nSPS) is 24.9. The predicted molar refractivity (Wildman–Crippen MR) is 121 cm³/mol. The van der Waals surface area contributed by atoms with Gasteiger partial charge in [0.05, 0.1) is 10.3 Å². The summed E-state index contributed by atoms with van der Waals surface area (Å²) in [4.78, 5) is 28.2. The molecule has 3 aliphatic rings. The Morgan fingerprint density at radius 2 is 2.07 bits per heavy atom. The quantitative estimate of drug-likeness (QED) is 0.781. The van der Waals surface area contributed by atoms with Crippen molar-refractivity contribution in [2.75, 3.05) is 37.6 Å². The van der Waals surface area contributed by atoms with Gasteiger partial charge in [-0.05, 0) is 50.3 Å². The zero-order chi connectivity index (χ0) is 20.7. The van der Waals surface area contributed by atoms with Gasteiger partial charge in [0.1, 0.15) is 12.1 Å². The monoisotopic (exact) mass is 445 g/mol. The number of anilines is 1. The maximum Gasteiger partial charge on any atom is 0.232 e. The van der Waals surface area contributed by atoms with Crippen LogP contribution in [0.4, 0.5) is 5.82 Å². The van der Waals surface area contributed by atoms with Crippen LogP contribution in [0, 0.1) is 0 Å². The van der Waals surface area contributed by atoms with Gasteiger partial charge in [-0.1, -0.05) is 18.5 Å². The molecule has 0 radical (unpaired) electrons. The van der Waals surface area contributed by atoms with Gasteiger partial charge in [-0.15, -0.1) is 11.3 Å². The van der Waals surface area contributed by atoms with Gasteiger partial charge in [-0.25, -0.2) is 9.97 Å². The van der Waals surface area contributed by atoms with E-state index in [0.29, 0.717) is 5.92 Å². The van der Waals surface area contributed by atoms with Gasteiger partial charge in [0.2, 0.25) is 5.91 Å². The summed E-state index contributed by atoms with van der Waals surface area (Å²) in [7, 11) is 0. The maximum absolute atomic E-state index is 13.6. The van der Waals surface area contributed by atoms with E-state index in [4.69, 9.17) is 11.6 Å². The number of hydrogen-bond acceptors (Lipinski definition) is 6. The van der Waals surface area contributed by atoms with Gasteiger partial charge >= 0.3 is 0 Å². The van der Waals surface area contributed by atoms with Crippen LogP contribution < -0.4 is 10.2 Å². The Morgan fingerprint density at radius 1 is 1.23 bits per heavy atom. The Hall–Kier alpha value is -1.70. The number of halogens is 1. The van der Waals surface area contributed by atoms with Gasteiger partial charge in [0.15, 0.2) is 0 Å². The van der Waals surface area contributed by atoms with Gasteiger partial charge in [0.25, 0.3) is 0 Å². The molecular weight excluding hydrogens is 418 g/mol. The lowest BCUT2D eigenvalue weighted by atomic mass is 9.94. The number of piperazine rings is 1. The van der Waals surface area contributed by atoms with Crippen molar-refractivity contribution in [3.8, 4) is 0 Å². The molecule has 30 heavy (non-hydrogen) atoms. The van der Waals surface area contributed by atoms with Crippen molar-refractivity contribution in [2.45, 2.75) is 50.5 Å². The minimum Gasteiger partial charge on any atom is -0.353 e. The number of hydrogen-bond donors (Lipinski definition) is 1. The highest BCUT2D eigenvalue weighted by atomic mass is 35.5. The lowest BCUT2D eigenvalue weighted by molar-refractivity contribution is -0.133. The number of carbonyl (C=O) groups is 1. The smallest absolute Gasteiger partial charge is 0.232 e. The summed E-state index contributed by atoms with van der Waals surface area (Å²) >= 11 is 7.74. The highest BCUT2D eigenvalue weighted by Gasteiger charge is 2.37. The van der Waals surface area contributed by atoms with Crippen molar-refractivity contribution in [3.05, 3.63) is 38.9 Å². The fourth-order valence-electron chi connectivity index (χ4n) is 5.19. The molecule has 5 rings (SSSR count). The third-order valence-electron chi connectivity index (χ3n) is 6.81. The third-order valence-corrected chi connectivity index (χ3v) is 8.12. The van der Waals surface area contributed by atoms with Crippen molar-refractivity contribution in [2.24, 2.45) is 0 Å². The van der Waals surface area contributed by atoms with Crippen molar-refractivity contribution in [3.63, 3.8) is 0 Å². The molecule has 2 saturated heterocycles. The average molecular weight is 446 g/mol. The second-order valence-corrected chi connectivity index (χ2v) is 10.4. The number of nitrogens with zero attached hydrogens (tertiary/aromatic N) is 4. The van der Waals surface area contributed by atoms with E-state index < -0.39 is 0 Å². The second kappa shape index (κ2) is 8.44. The van der Waals surface area contributed by atoms with Crippen LogP contribution in [0.2, 0.25) is 4.34 Å². The highest BCUT2D eigenvalue weighted by molar-refractivity contribution is 7.16. The van der Waals surface area contributed by atoms with E-state index in [1.165, 1.54) is 22.6 Å². The summed E-state index contributed by atoms with van der Waals surface area (Å²) in [5.41, 5.74) is 2.52. The van der Waals surface area contributed by atoms with E-state index in [1.807, 2.05) is 17.0 Å². The number of amides is 1. The minimum atomic E-state index is -0.139. The zero-order valence-corrected chi connectivity index (χ0v) is 18.9. The van der Waals surface area contributed by atoms with E-state index in [-0.39, 0.29) is 17.9 Å². The number of aromatic nitrogens is 2. The van der Waals surface area contributed by atoms with E-state index >= 15 is 0 Å². The average Bonchev–Trinajstić information content (AvgIpc) is 3.51. The molecule has 2 aliphatic heterocycles. The molecule has 2 aromatic rings. The van der Waals surface area contributed by atoms with E-state index in [0.717, 1.165) is 73.4 Å². The number of thiophene rings is 1. The van der Waals surface area contributed by atoms with E-state index in [1.54, 1.807) is 6.33 Å². The summed E-state index contributed by atoms with van der Waals surface area (Å²) < 4.78 is 0.748. The molecule has 1 amide bonds. The van der Waals surface area contributed by atoms with E-state index in [9.17, 15) is 4.79 Å². The topological polar surface area (TPSA) is 61.4 Å². The molecule has 3 atom stereocenters. The molecule has 160 valence electrons. The summed E-state index contributed by atoms with van der Waals surface area (Å²) in [5.74, 6) is 1.68. The molecule has 8 heteroatoms. The zero-order valence-electron chi connectivity index (χ0n) is 17.3. The number of carbonyl (C=O) groups excluding carboxylic acids is 1. The first-order valence-electron chi connectivity index (χ1n) is 11.0. The SMILES string of the molecule is CC1CCc2ncnc(N3CCN(C(=O)[C@@H](c4ccc(Cl)s4)[C@@H]4CCCN4)CC3)c21. The predicted octanol–water partition coefficient (Wildman–Crippen LogP) is 3.43. The molecular formula is C22H28ClN5OS. The number of nitrogens with one attached hydrogen (secondary N) is 1. The van der Waals surface area contributed by atoms with Crippen molar-refractivity contribution < 1.29 is 4.79 Å². The number of aryl methyl sites for hydroxylation is 1. The Labute approximate surface area is 186 Å². The van der Waals surface area contributed by atoms with Crippen LogP contribution in [0.3, 0.4) is 0 Å². The van der Waals surface area contributed by atoms with Gasteiger partial charge < -0.3 is 15.1 Å². The lowest BCUT2D eigenvalue weighted by Crippen LogP contribution is -2.52. The van der Waals surface area contributed by atoms with Crippen LogP contribution in [0.5, 0.6) is 0 Å². The second-order valence-electron chi connectivity index (χ2n) is 8.63. The van der Waals surface area contributed by atoms with Crippen LogP contribution in [0.1, 0.15) is 54.2 Å². The standard InChI is InChI=1S/C22H28ClN5OS/c1-14-4-5-16-19(14)21(26-13-25-16)27-9-11-28(12-10-27)22(29)20(15-3-2-8-24-15)17-6-7-18(23)30-17/h6-7,13-15,20,24H,2-5,8-12H2,1H3/t14?,15-,20+/m0/s1. The van der Waals surface area contributed by atoms with Gasteiger partial charge in [-0.2, -0.15) is 0 Å². The van der Waals surface area contributed by atoms with Gasteiger partial charge in [-0.3, -0.25) is 4.79 Å². The minimum absolute atomic E-state index is 0.139. The van der Waals surface area contributed by atoms with E-state index in [2.05, 4.69) is 27.1 Å². The number of fused-ring (bicyclic) bond motifs is 1. The molecule has 0 aromatic carbocycles. The first-order valence-corrected chi connectivity index (χ1v) is 12.2. The van der Waals surface area contributed by atoms with Crippen molar-refractivity contribution in [1.29, 1.82) is 0 Å². The Morgan fingerprint density at radius 3 is 2.77 bits per heavy atom. The summed E-state index contributed by atoms with van der Waals surface area (Å²) in [6.07, 6.45) is 6.06. The molecule has 6 nitrogen and oxygen atoms in total.